The second-order valence-electron chi connectivity index (χ2n) is 4.29. The molecule has 1 unspecified atom stereocenters. The van der Waals surface area contributed by atoms with Crippen LogP contribution in [-0.2, 0) is 0 Å². The molecule has 1 aromatic rings. The van der Waals surface area contributed by atoms with Crippen molar-refractivity contribution in [1.29, 1.82) is 0 Å². The Morgan fingerprint density at radius 1 is 1.38 bits per heavy atom. The molecule has 0 fully saturated rings. The van der Waals surface area contributed by atoms with E-state index in [1.807, 2.05) is 17.5 Å². The molecule has 3 heteroatoms. The number of aliphatic imine (C=N–C) groups is 1. The molecule has 0 aromatic carbocycles. The van der Waals surface area contributed by atoms with E-state index >= 15 is 0 Å². The third-order valence-electron chi connectivity index (χ3n) is 3.11. The summed E-state index contributed by atoms with van der Waals surface area (Å²) in [6.07, 6.45) is 2.96. The fraction of sp³-hybridized carbons (Fsp3) is 0.462. The molecule has 1 aliphatic heterocycles. The fourth-order valence-electron chi connectivity index (χ4n) is 1.85. The number of rotatable bonds is 2. The Morgan fingerprint density at radius 2 is 2.12 bits per heavy atom. The van der Waals surface area contributed by atoms with Crippen LogP contribution in [0.25, 0.3) is 0 Å². The number of nitrogens with zero attached hydrogens (tertiary/aromatic N) is 1. The zero-order valence-electron chi connectivity index (χ0n) is 10.3. The second kappa shape index (κ2) is 4.42. The number of amidine groups is 1. The number of thiophene rings is 1. The molecule has 0 saturated carbocycles. The fourth-order valence-corrected chi connectivity index (χ4v) is 3.04. The molecule has 16 heavy (non-hydrogen) atoms. The maximum atomic E-state index is 4.39. The minimum atomic E-state index is 0.325. The molecule has 2 heterocycles. The molecular formula is C13H18N2S. The smallest absolute Gasteiger partial charge is 0.102 e. The Kier molecular flexibility index (Phi) is 3.15. The van der Waals surface area contributed by atoms with Gasteiger partial charge in [-0.25, -0.2) is 4.99 Å². The summed E-state index contributed by atoms with van der Waals surface area (Å²) in [4.78, 5) is 5.81. The van der Waals surface area contributed by atoms with Crippen molar-refractivity contribution in [2.75, 3.05) is 0 Å². The Labute approximate surface area is 101 Å². The molecule has 1 N–H and O–H groups in total. The van der Waals surface area contributed by atoms with Crippen LogP contribution < -0.4 is 5.32 Å². The van der Waals surface area contributed by atoms with Gasteiger partial charge in [0.15, 0.2) is 0 Å². The van der Waals surface area contributed by atoms with Crippen molar-refractivity contribution in [1.82, 2.24) is 5.32 Å². The summed E-state index contributed by atoms with van der Waals surface area (Å²) in [5, 5.41) is 5.75. The molecule has 2 nitrogen and oxygen atoms in total. The lowest BCUT2D eigenvalue weighted by Crippen LogP contribution is -2.30. The summed E-state index contributed by atoms with van der Waals surface area (Å²) in [6, 6.07) is 0.325. The van der Waals surface area contributed by atoms with Gasteiger partial charge in [-0.15, -0.1) is 11.3 Å². The number of hydrogen-bond acceptors (Lipinski definition) is 3. The zero-order chi connectivity index (χ0) is 11.7. The van der Waals surface area contributed by atoms with Gasteiger partial charge in [0.2, 0.25) is 0 Å². The molecular weight excluding hydrogens is 216 g/mol. The van der Waals surface area contributed by atoms with Crippen molar-refractivity contribution in [3.8, 4) is 0 Å². The molecule has 86 valence electrons. The van der Waals surface area contributed by atoms with Gasteiger partial charge in [-0.05, 0) is 42.9 Å². The first-order valence-electron chi connectivity index (χ1n) is 5.68. The van der Waals surface area contributed by atoms with Gasteiger partial charge in [0.1, 0.15) is 5.84 Å². The molecule has 1 aromatic heterocycles. The second-order valence-corrected chi connectivity index (χ2v) is 5.20. The van der Waals surface area contributed by atoms with Crippen molar-refractivity contribution in [2.45, 2.75) is 40.2 Å². The van der Waals surface area contributed by atoms with Crippen molar-refractivity contribution in [3.05, 3.63) is 33.2 Å². The maximum Gasteiger partial charge on any atom is 0.102 e. The molecule has 0 bridgehead atoms. The molecule has 0 spiro atoms. The molecule has 0 aliphatic carbocycles. The van der Waals surface area contributed by atoms with Gasteiger partial charge in [0, 0.05) is 17.5 Å². The molecule has 1 aliphatic rings. The van der Waals surface area contributed by atoms with Crippen LogP contribution in [0.4, 0.5) is 0 Å². The summed E-state index contributed by atoms with van der Waals surface area (Å²) in [6.45, 7) is 8.64. The Hall–Kier alpha value is -1.09. The monoisotopic (exact) mass is 234 g/mol. The average molecular weight is 234 g/mol. The third kappa shape index (κ3) is 1.92. The summed E-state index contributed by atoms with van der Waals surface area (Å²) >= 11 is 1.84. The lowest BCUT2D eigenvalue weighted by Gasteiger charge is -2.24. The SMILES string of the molecule is CCC1=NC=C(C)C(c2scc(C)c2C)N1. The van der Waals surface area contributed by atoms with Crippen LogP contribution in [-0.4, -0.2) is 5.84 Å². The predicted molar refractivity (Wildman–Crippen MR) is 71.2 cm³/mol. The predicted octanol–water partition coefficient (Wildman–Crippen LogP) is 3.72. The van der Waals surface area contributed by atoms with Gasteiger partial charge in [0.25, 0.3) is 0 Å². The topological polar surface area (TPSA) is 24.4 Å². The van der Waals surface area contributed by atoms with Crippen LogP contribution in [0.15, 0.2) is 22.1 Å². The quantitative estimate of drug-likeness (QED) is 0.828. The van der Waals surface area contributed by atoms with Crippen LogP contribution in [0.3, 0.4) is 0 Å². The highest BCUT2D eigenvalue weighted by atomic mass is 32.1. The number of aryl methyl sites for hydroxylation is 1. The van der Waals surface area contributed by atoms with Crippen LogP contribution in [0.2, 0.25) is 0 Å². The van der Waals surface area contributed by atoms with E-state index < -0.39 is 0 Å². The highest BCUT2D eigenvalue weighted by Gasteiger charge is 2.21. The maximum absolute atomic E-state index is 4.39. The van der Waals surface area contributed by atoms with Crippen molar-refractivity contribution in [2.24, 2.45) is 4.99 Å². The molecule has 2 rings (SSSR count). The Bertz CT molecular complexity index is 454. The normalized spacial score (nSPS) is 20.1. The molecule has 0 saturated heterocycles. The van der Waals surface area contributed by atoms with Gasteiger partial charge < -0.3 is 5.32 Å². The van der Waals surface area contributed by atoms with E-state index in [0.29, 0.717) is 6.04 Å². The van der Waals surface area contributed by atoms with E-state index in [4.69, 9.17) is 0 Å². The highest BCUT2D eigenvalue weighted by molar-refractivity contribution is 7.10. The van der Waals surface area contributed by atoms with E-state index in [1.54, 1.807) is 0 Å². The minimum Gasteiger partial charge on any atom is -0.362 e. The summed E-state index contributed by atoms with van der Waals surface area (Å²) < 4.78 is 0. The standard InChI is InChI=1S/C13H18N2S/c1-5-11-14-6-8(2)12(15-11)13-10(4)9(3)7-16-13/h6-7,12H,5H2,1-4H3,(H,14,15). The van der Waals surface area contributed by atoms with E-state index in [9.17, 15) is 0 Å². The highest BCUT2D eigenvalue weighted by Crippen LogP contribution is 2.32. The van der Waals surface area contributed by atoms with Crippen LogP contribution in [0.5, 0.6) is 0 Å². The van der Waals surface area contributed by atoms with E-state index in [2.05, 4.69) is 43.4 Å². The van der Waals surface area contributed by atoms with Crippen molar-refractivity contribution in [3.63, 3.8) is 0 Å². The minimum absolute atomic E-state index is 0.325. The van der Waals surface area contributed by atoms with Crippen LogP contribution in [0.1, 0.15) is 42.3 Å². The van der Waals surface area contributed by atoms with Crippen LogP contribution >= 0.6 is 11.3 Å². The molecule has 0 amide bonds. The van der Waals surface area contributed by atoms with Gasteiger partial charge in [-0.1, -0.05) is 6.92 Å². The first-order chi connectivity index (χ1) is 7.63. The van der Waals surface area contributed by atoms with Gasteiger partial charge in [-0.3, -0.25) is 0 Å². The Balaban J connectivity index is 2.33. The number of hydrogen-bond donors (Lipinski definition) is 1. The number of nitrogens with one attached hydrogen (secondary N) is 1. The largest absolute Gasteiger partial charge is 0.362 e. The van der Waals surface area contributed by atoms with E-state index in [-0.39, 0.29) is 0 Å². The van der Waals surface area contributed by atoms with Crippen LogP contribution in [0, 0.1) is 13.8 Å². The average Bonchev–Trinajstić information content (AvgIpc) is 2.61. The first-order valence-corrected chi connectivity index (χ1v) is 6.56. The van der Waals surface area contributed by atoms with Gasteiger partial charge in [0.05, 0.1) is 6.04 Å². The van der Waals surface area contributed by atoms with Crippen molar-refractivity contribution >= 4 is 17.2 Å². The van der Waals surface area contributed by atoms with E-state index in [1.165, 1.54) is 21.6 Å². The lowest BCUT2D eigenvalue weighted by atomic mass is 10.0. The Morgan fingerprint density at radius 3 is 2.69 bits per heavy atom. The molecule has 1 atom stereocenters. The lowest BCUT2D eigenvalue weighted by molar-refractivity contribution is 0.724. The van der Waals surface area contributed by atoms with Gasteiger partial charge >= 0.3 is 0 Å². The van der Waals surface area contributed by atoms with Gasteiger partial charge in [-0.2, -0.15) is 0 Å². The first kappa shape index (κ1) is 11.4. The zero-order valence-corrected chi connectivity index (χ0v) is 11.1. The third-order valence-corrected chi connectivity index (χ3v) is 4.38. The summed E-state index contributed by atoms with van der Waals surface area (Å²) in [5.41, 5.74) is 4.09. The molecule has 0 radical (unpaired) electrons. The van der Waals surface area contributed by atoms with E-state index in [0.717, 1.165) is 12.3 Å². The summed E-state index contributed by atoms with van der Waals surface area (Å²) in [7, 11) is 0. The summed E-state index contributed by atoms with van der Waals surface area (Å²) in [5.74, 6) is 1.08. The van der Waals surface area contributed by atoms with Crippen molar-refractivity contribution < 1.29 is 0 Å².